The fourth-order valence-corrected chi connectivity index (χ4v) is 4.56. The molecular weight excluding hydrogens is 416 g/mol. The van der Waals surface area contributed by atoms with Crippen LogP contribution < -0.4 is 15.6 Å². The van der Waals surface area contributed by atoms with Gasteiger partial charge in [-0.2, -0.15) is 4.68 Å². The van der Waals surface area contributed by atoms with Crippen molar-refractivity contribution in [1.82, 2.24) is 19.7 Å². The second kappa shape index (κ2) is 7.84. The van der Waals surface area contributed by atoms with Gasteiger partial charge in [-0.25, -0.2) is 14.8 Å². The molecule has 10 heteroatoms. The monoisotopic (exact) mass is 438 g/mol. The molecule has 0 aliphatic carbocycles. The van der Waals surface area contributed by atoms with Gasteiger partial charge in [0.05, 0.1) is 0 Å². The maximum absolute atomic E-state index is 13.5. The number of fused-ring (bicyclic) bond motifs is 3. The molecule has 5 rings (SSSR count). The molecule has 1 aromatic carbocycles. The van der Waals surface area contributed by atoms with E-state index in [2.05, 4.69) is 20.0 Å². The third-order valence-corrected chi connectivity index (χ3v) is 6.32. The van der Waals surface area contributed by atoms with E-state index in [1.165, 1.54) is 16.4 Å². The van der Waals surface area contributed by atoms with Crippen molar-refractivity contribution in [3.8, 4) is 11.5 Å². The van der Waals surface area contributed by atoms with Gasteiger partial charge in [-0.3, -0.25) is 4.79 Å². The summed E-state index contributed by atoms with van der Waals surface area (Å²) < 4.78 is 6.57. The first-order chi connectivity index (χ1) is 15.1. The summed E-state index contributed by atoms with van der Waals surface area (Å²) in [5.41, 5.74) is 1.88. The number of benzene rings is 1. The van der Waals surface area contributed by atoms with Gasteiger partial charge in [-0.15, -0.1) is 5.10 Å². The number of thioether (sulfide) groups is 1. The molecule has 3 aromatic rings. The third-order valence-electron chi connectivity index (χ3n) is 5.76. The minimum absolute atomic E-state index is 0.130. The molecule has 31 heavy (non-hydrogen) atoms. The molecular formula is C21H22N6O3S. The Morgan fingerprint density at radius 1 is 1.29 bits per heavy atom. The molecule has 2 aromatic heterocycles. The smallest absolute Gasteiger partial charge is 0.388 e. The zero-order chi connectivity index (χ0) is 21.5. The van der Waals surface area contributed by atoms with Gasteiger partial charge in [0.1, 0.15) is 11.4 Å². The van der Waals surface area contributed by atoms with E-state index < -0.39 is 5.76 Å². The molecule has 0 spiro atoms. The summed E-state index contributed by atoms with van der Waals surface area (Å²) in [4.78, 5) is 38.5. The summed E-state index contributed by atoms with van der Waals surface area (Å²) in [5.74, 6) is 0.339. The van der Waals surface area contributed by atoms with Crippen LogP contribution in [0.2, 0.25) is 0 Å². The molecule has 2 aliphatic heterocycles. The Bertz CT molecular complexity index is 1210. The molecule has 160 valence electrons. The highest BCUT2D eigenvalue weighted by Crippen LogP contribution is 2.35. The number of nitrogens with zero attached hydrogens (tertiary/aromatic N) is 6. The second-order valence-electron chi connectivity index (χ2n) is 7.54. The van der Waals surface area contributed by atoms with Crippen LogP contribution in [-0.2, 0) is 6.54 Å². The van der Waals surface area contributed by atoms with E-state index in [9.17, 15) is 9.59 Å². The molecule has 2 aliphatic rings. The van der Waals surface area contributed by atoms with Crippen LogP contribution in [0.1, 0.15) is 30.1 Å². The second-order valence-corrected chi connectivity index (χ2v) is 8.31. The van der Waals surface area contributed by atoms with Gasteiger partial charge >= 0.3 is 5.76 Å². The molecule has 1 atom stereocenters. The number of aromatic nitrogens is 4. The number of anilines is 2. The van der Waals surface area contributed by atoms with E-state index >= 15 is 0 Å². The highest BCUT2D eigenvalue weighted by Gasteiger charge is 2.37. The Morgan fingerprint density at radius 3 is 2.94 bits per heavy atom. The number of carbonyl (C=O) groups excluding carboxylic acids is 1. The fourth-order valence-electron chi connectivity index (χ4n) is 4.22. The van der Waals surface area contributed by atoms with Crippen LogP contribution in [0.25, 0.3) is 11.5 Å². The standard InChI is InChI=1S/C21H22N6O3S/c1-3-27-21(29)30-18(24-27)13-6-4-7-14(10-13)26-12-15-8-5-9-25(15)17-16(19(26)28)11-22-20(23-17)31-2/h4,6-7,10-11,15H,3,5,8-9,12H2,1-2H3. The third kappa shape index (κ3) is 3.40. The van der Waals surface area contributed by atoms with E-state index in [-0.39, 0.29) is 17.8 Å². The minimum Gasteiger partial charge on any atom is -0.388 e. The van der Waals surface area contributed by atoms with Crippen LogP contribution in [-0.4, -0.2) is 51.0 Å². The molecule has 0 radical (unpaired) electrons. The van der Waals surface area contributed by atoms with Crippen molar-refractivity contribution in [3.63, 3.8) is 0 Å². The molecule has 1 saturated heterocycles. The van der Waals surface area contributed by atoms with Gasteiger partial charge in [0.2, 0.25) is 5.89 Å². The van der Waals surface area contributed by atoms with E-state index in [1.54, 1.807) is 11.1 Å². The molecule has 0 saturated carbocycles. The van der Waals surface area contributed by atoms with Crippen molar-refractivity contribution in [3.05, 3.63) is 46.6 Å². The van der Waals surface area contributed by atoms with Crippen LogP contribution >= 0.6 is 11.8 Å². The molecule has 4 heterocycles. The molecule has 0 N–H and O–H groups in total. The summed E-state index contributed by atoms with van der Waals surface area (Å²) in [7, 11) is 0. The highest BCUT2D eigenvalue weighted by molar-refractivity contribution is 7.98. The largest absolute Gasteiger partial charge is 0.437 e. The first-order valence-electron chi connectivity index (χ1n) is 10.3. The summed E-state index contributed by atoms with van der Waals surface area (Å²) in [5, 5.41) is 4.90. The average molecular weight is 439 g/mol. The van der Waals surface area contributed by atoms with Gasteiger partial charge < -0.3 is 14.2 Å². The van der Waals surface area contributed by atoms with Crippen molar-refractivity contribution in [2.24, 2.45) is 0 Å². The van der Waals surface area contributed by atoms with Crippen molar-refractivity contribution in [2.45, 2.75) is 37.5 Å². The molecule has 1 unspecified atom stereocenters. The van der Waals surface area contributed by atoms with Crippen molar-refractivity contribution in [1.29, 1.82) is 0 Å². The van der Waals surface area contributed by atoms with Crippen LogP contribution in [0.3, 0.4) is 0 Å². The van der Waals surface area contributed by atoms with Gasteiger partial charge in [-0.1, -0.05) is 17.8 Å². The zero-order valence-corrected chi connectivity index (χ0v) is 18.1. The van der Waals surface area contributed by atoms with Crippen LogP contribution in [0.5, 0.6) is 0 Å². The topological polar surface area (TPSA) is 97.4 Å². The SMILES string of the molecule is CCn1nc(-c2cccc(N3CC4CCCN4c4nc(SC)ncc4C3=O)c2)oc1=O. The Balaban J connectivity index is 1.57. The Morgan fingerprint density at radius 2 is 2.16 bits per heavy atom. The zero-order valence-electron chi connectivity index (χ0n) is 17.3. The number of hydrogen-bond donors (Lipinski definition) is 0. The number of amides is 1. The summed E-state index contributed by atoms with van der Waals surface area (Å²) in [6, 6.07) is 7.58. The first kappa shape index (κ1) is 19.8. The van der Waals surface area contributed by atoms with Gasteiger partial charge in [0, 0.05) is 43.1 Å². The Hall–Kier alpha value is -3.14. The van der Waals surface area contributed by atoms with E-state index in [4.69, 9.17) is 4.42 Å². The number of carbonyl (C=O) groups is 1. The van der Waals surface area contributed by atoms with Gasteiger partial charge in [-0.05, 0) is 44.2 Å². The van der Waals surface area contributed by atoms with Crippen LogP contribution in [0.4, 0.5) is 11.5 Å². The highest BCUT2D eigenvalue weighted by atomic mass is 32.2. The summed E-state index contributed by atoms with van der Waals surface area (Å²) >= 11 is 1.47. The molecule has 0 bridgehead atoms. The first-order valence-corrected chi connectivity index (χ1v) is 11.5. The van der Waals surface area contributed by atoms with Crippen molar-refractivity contribution < 1.29 is 9.21 Å². The lowest BCUT2D eigenvalue weighted by Crippen LogP contribution is -2.39. The van der Waals surface area contributed by atoms with E-state index in [0.717, 1.165) is 30.9 Å². The molecule has 1 amide bonds. The van der Waals surface area contributed by atoms with Crippen molar-refractivity contribution >= 4 is 29.2 Å². The lowest BCUT2D eigenvalue weighted by molar-refractivity contribution is 0.0988. The predicted octanol–water partition coefficient (Wildman–Crippen LogP) is 2.66. The van der Waals surface area contributed by atoms with Crippen LogP contribution in [0, 0.1) is 0 Å². The lowest BCUT2D eigenvalue weighted by Gasteiger charge is -2.27. The normalized spacial score (nSPS) is 18.1. The number of hydrogen-bond acceptors (Lipinski definition) is 8. The van der Waals surface area contributed by atoms with E-state index in [1.807, 2.05) is 37.4 Å². The van der Waals surface area contributed by atoms with Gasteiger partial charge in [0.15, 0.2) is 5.16 Å². The minimum atomic E-state index is -0.494. The lowest BCUT2D eigenvalue weighted by atomic mass is 10.1. The summed E-state index contributed by atoms with van der Waals surface area (Å²) in [6.45, 7) is 3.69. The number of aryl methyl sites for hydroxylation is 1. The maximum atomic E-state index is 13.5. The number of rotatable bonds is 4. The average Bonchev–Trinajstić information content (AvgIpc) is 3.40. The Labute approximate surface area is 183 Å². The predicted molar refractivity (Wildman–Crippen MR) is 118 cm³/mol. The molecule has 9 nitrogen and oxygen atoms in total. The quantitative estimate of drug-likeness (QED) is 0.453. The van der Waals surface area contributed by atoms with Crippen molar-refractivity contribution in [2.75, 3.05) is 29.1 Å². The van der Waals surface area contributed by atoms with Gasteiger partial charge in [0.25, 0.3) is 5.91 Å². The van der Waals surface area contributed by atoms with Crippen LogP contribution in [0.15, 0.2) is 44.8 Å². The summed E-state index contributed by atoms with van der Waals surface area (Å²) in [6.07, 6.45) is 5.62. The molecule has 1 fully saturated rings. The maximum Gasteiger partial charge on any atom is 0.437 e. The Kier molecular flexibility index (Phi) is 5.01. The van der Waals surface area contributed by atoms with E-state index in [0.29, 0.717) is 29.4 Å². The fraction of sp³-hybridized carbons (Fsp3) is 0.381.